The van der Waals surface area contributed by atoms with E-state index in [4.69, 9.17) is 4.98 Å². The minimum Gasteiger partial charge on any atom is -0.332 e. The van der Waals surface area contributed by atoms with Gasteiger partial charge in [0.15, 0.2) is 0 Å². The molecule has 1 N–H and O–H groups in total. The van der Waals surface area contributed by atoms with Crippen LogP contribution in [-0.4, -0.2) is 16.1 Å². The number of rotatable bonds is 2. The molecule has 0 unspecified atom stereocenters. The molecule has 0 spiro atoms. The summed E-state index contributed by atoms with van der Waals surface area (Å²) in [5, 5.41) is 3.35. The van der Waals surface area contributed by atoms with E-state index < -0.39 is 0 Å². The lowest BCUT2D eigenvalue weighted by Gasteiger charge is -2.13. The highest BCUT2D eigenvalue weighted by molar-refractivity contribution is 5.59. The van der Waals surface area contributed by atoms with Gasteiger partial charge in [-0.25, -0.2) is 4.98 Å². The lowest BCUT2D eigenvalue weighted by molar-refractivity contribution is 0.505. The second-order valence-corrected chi connectivity index (χ2v) is 5.19. The van der Waals surface area contributed by atoms with Crippen LogP contribution in [0.25, 0.3) is 11.3 Å². The van der Waals surface area contributed by atoms with Crippen molar-refractivity contribution in [1.29, 1.82) is 0 Å². The Bertz CT molecular complexity index is 514. The maximum atomic E-state index is 4.70. The van der Waals surface area contributed by atoms with E-state index in [9.17, 15) is 0 Å². The average Bonchev–Trinajstić information content (AvgIpc) is 2.82. The topological polar surface area (TPSA) is 29.9 Å². The summed E-state index contributed by atoms with van der Waals surface area (Å²) in [5.41, 5.74) is 3.68. The molecule has 3 rings (SSSR count). The molecule has 3 nitrogen and oxygen atoms in total. The molecule has 0 fully saturated rings. The molecule has 0 saturated heterocycles. The molecule has 0 bridgehead atoms. The van der Waals surface area contributed by atoms with E-state index >= 15 is 0 Å². The zero-order chi connectivity index (χ0) is 12.5. The first-order valence-electron chi connectivity index (χ1n) is 6.61. The van der Waals surface area contributed by atoms with Crippen LogP contribution in [0.4, 0.5) is 0 Å². The second kappa shape index (κ2) is 4.58. The average molecular weight is 241 g/mol. The Morgan fingerprint density at radius 2 is 2.00 bits per heavy atom. The van der Waals surface area contributed by atoms with Crippen molar-refractivity contribution in [3.63, 3.8) is 0 Å². The van der Waals surface area contributed by atoms with Crippen LogP contribution < -0.4 is 5.32 Å². The lowest BCUT2D eigenvalue weighted by atomic mass is 10.0. The normalized spacial score (nSPS) is 14.8. The summed E-state index contributed by atoms with van der Waals surface area (Å²) in [5.74, 6) is 1.72. The summed E-state index contributed by atoms with van der Waals surface area (Å²) in [4.78, 5) is 4.70. The largest absolute Gasteiger partial charge is 0.332 e. The fourth-order valence-corrected chi connectivity index (χ4v) is 2.37. The minimum atomic E-state index is 0.582. The second-order valence-electron chi connectivity index (χ2n) is 5.19. The maximum absolute atomic E-state index is 4.70. The van der Waals surface area contributed by atoms with E-state index in [0.29, 0.717) is 5.92 Å². The lowest BCUT2D eigenvalue weighted by Crippen LogP contribution is -2.27. The summed E-state index contributed by atoms with van der Waals surface area (Å²) < 4.78 is 2.25. The molecule has 1 aromatic carbocycles. The van der Waals surface area contributed by atoms with Gasteiger partial charge in [0.05, 0.1) is 12.2 Å². The molecule has 3 heteroatoms. The van der Waals surface area contributed by atoms with Crippen LogP contribution in [0.1, 0.15) is 31.2 Å². The molecule has 1 aliphatic heterocycles. The Labute approximate surface area is 108 Å². The van der Waals surface area contributed by atoms with E-state index in [1.54, 1.807) is 0 Å². The highest BCUT2D eigenvalue weighted by Gasteiger charge is 2.12. The van der Waals surface area contributed by atoms with E-state index in [-0.39, 0.29) is 0 Å². The van der Waals surface area contributed by atoms with Crippen LogP contribution in [0.3, 0.4) is 0 Å². The third-order valence-electron chi connectivity index (χ3n) is 3.54. The fraction of sp³-hybridized carbons (Fsp3) is 0.400. The smallest absolute Gasteiger partial charge is 0.123 e. The third-order valence-corrected chi connectivity index (χ3v) is 3.54. The van der Waals surface area contributed by atoms with Gasteiger partial charge >= 0.3 is 0 Å². The molecule has 2 aromatic rings. The summed E-state index contributed by atoms with van der Waals surface area (Å²) in [6.45, 7) is 7.37. The number of hydrogen-bond donors (Lipinski definition) is 1. The van der Waals surface area contributed by atoms with Crippen molar-refractivity contribution in [2.75, 3.05) is 6.54 Å². The standard InChI is InChI=1S/C15H19N3/c1-11(2)12-3-5-13(6-4-12)14-10-18-8-7-16-9-15(18)17-14/h3-6,10-11,16H,7-9H2,1-2H3. The number of hydrogen-bond acceptors (Lipinski definition) is 2. The summed E-state index contributed by atoms with van der Waals surface area (Å²) >= 11 is 0. The van der Waals surface area contributed by atoms with Crippen molar-refractivity contribution in [1.82, 2.24) is 14.9 Å². The molecule has 18 heavy (non-hydrogen) atoms. The van der Waals surface area contributed by atoms with Gasteiger partial charge in [-0.2, -0.15) is 0 Å². The number of fused-ring (bicyclic) bond motifs is 1. The summed E-state index contributed by atoms with van der Waals surface area (Å²) in [6.07, 6.45) is 2.17. The molecule has 94 valence electrons. The van der Waals surface area contributed by atoms with Crippen molar-refractivity contribution in [3.05, 3.63) is 41.9 Å². The first-order valence-corrected chi connectivity index (χ1v) is 6.61. The minimum absolute atomic E-state index is 0.582. The van der Waals surface area contributed by atoms with Gasteiger partial charge in [-0.3, -0.25) is 0 Å². The molecular formula is C15H19N3. The van der Waals surface area contributed by atoms with Crippen LogP contribution in [-0.2, 0) is 13.1 Å². The zero-order valence-electron chi connectivity index (χ0n) is 11.0. The van der Waals surface area contributed by atoms with Gasteiger partial charge in [0.1, 0.15) is 5.82 Å². The molecule has 0 amide bonds. The van der Waals surface area contributed by atoms with Crippen molar-refractivity contribution >= 4 is 0 Å². The number of benzene rings is 1. The van der Waals surface area contributed by atoms with E-state index in [2.05, 4.69) is 54.2 Å². The van der Waals surface area contributed by atoms with Gasteiger partial charge in [-0.15, -0.1) is 0 Å². The van der Waals surface area contributed by atoms with Crippen LogP contribution in [0.5, 0.6) is 0 Å². The fourth-order valence-electron chi connectivity index (χ4n) is 2.37. The molecule has 0 atom stereocenters. The van der Waals surface area contributed by atoms with Gasteiger partial charge in [0.25, 0.3) is 0 Å². The van der Waals surface area contributed by atoms with Crippen molar-refractivity contribution in [3.8, 4) is 11.3 Å². The van der Waals surface area contributed by atoms with Gasteiger partial charge in [0, 0.05) is 24.8 Å². The molecular weight excluding hydrogens is 222 g/mol. The number of nitrogens with one attached hydrogen (secondary N) is 1. The van der Waals surface area contributed by atoms with Crippen LogP contribution >= 0.6 is 0 Å². The first kappa shape index (κ1) is 11.5. The zero-order valence-corrected chi connectivity index (χ0v) is 11.0. The predicted molar refractivity (Wildman–Crippen MR) is 73.5 cm³/mol. The predicted octanol–water partition coefficient (Wildman–Crippen LogP) is 2.78. The van der Waals surface area contributed by atoms with Crippen LogP contribution in [0.15, 0.2) is 30.5 Å². The Morgan fingerprint density at radius 3 is 2.67 bits per heavy atom. The van der Waals surface area contributed by atoms with Gasteiger partial charge < -0.3 is 9.88 Å². The Hall–Kier alpha value is -1.61. The quantitative estimate of drug-likeness (QED) is 0.876. The van der Waals surface area contributed by atoms with Crippen LogP contribution in [0, 0.1) is 0 Å². The summed E-state index contributed by atoms with van der Waals surface area (Å²) in [6, 6.07) is 8.77. The Kier molecular flexibility index (Phi) is 2.92. The molecule has 0 saturated carbocycles. The number of aromatic nitrogens is 2. The van der Waals surface area contributed by atoms with E-state index in [0.717, 1.165) is 31.2 Å². The SMILES string of the molecule is CC(C)c1ccc(-c2cn3c(n2)CNCC3)cc1. The highest BCUT2D eigenvalue weighted by atomic mass is 15.1. The molecule has 2 heterocycles. The monoisotopic (exact) mass is 241 g/mol. The maximum Gasteiger partial charge on any atom is 0.123 e. The molecule has 1 aliphatic rings. The first-order chi connectivity index (χ1) is 8.74. The van der Waals surface area contributed by atoms with E-state index in [1.807, 2.05) is 0 Å². The van der Waals surface area contributed by atoms with Crippen molar-refractivity contribution < 1.29 is 0 Å². The van der Waals surface area contributed by atoms with Crippen molar-refractivity contribution in [2.45, 2.75) is 32.9 Å². The molecule has 0 radical (unpaired) electrons. The number of nitrogens with zero attached hydrogens (tertiary/aromatic N) is 2. The number of imidazole rings is 1. The Balaban J connectivity index is 1.92. The van der Waals surface area contributed by atoms with Crippen molar-refractivity contribution in [2.24, 2.45) is 0 Å². The van der Waals surface area contributed by atoms with Gasteiger partial charge in [-0.1, -0.05) is 38.1 Å². The molecule has 0 aliphatic carbocycles. The van der Waals surface area contributed by atoms with Crippen LogP contribution in [0.2, 0.25) is 0 Å². The van der Waals surface area contributed by atoms with E-state index in [1.165, 1.54) is 11.1 Å². The Morgan fingerprint density at radius 1 is 1.22 bits per heavy atom. The summed E-state index contributed by atoms with van der Waals surface area (Å²) in [7, 11) is 0. The third kappa shape index (κ3) is 2.06. The van der Waals surface area contributed by atoms with Gasteiger partial charge in [-0.05, 0) is 11.5 Å². The highest BCUT2D eigenvalue weighted by Crippen LogP contribution is 2.22. The molecule has 1 aromatic heterocycles. The van der Waals surface area contributed by atoms with Gasteiger partial charge in [0.2, 0.25) is 0 Å².